The Morgan fingerprint density at radius 3 is 3.06 bits per heavy atom. The van der Waals surface area contributed by atoms with Crippen molar-refractivity contribution in [2.45, 2.75) is 38.4 Å². The van der Waals surface area contributed by atoms with Gasteiger partial charge in [-0.15, -0.1) is 11.3 Å². The standard InChI is InChI=1S/C12H19ClN2S/c1-9-5-11(3-4-15(9)2)14-7-12-6-10(13)8-16-12/h6,8-9,11,14H,3-5,7H2,1-2H3. The van der Waals surface area contributed by atoms with E-state index in [9.17, 15) is 0 Å². The number of likely N-dealkylation sites (tertiary alicyclic amines) is 1. The summed E-state index contributed by atoms with van der Waals surface area (Å²) in [5.74, 6) is 0. The molecule has 0 bridgehead atoms. The molecule has 1 saturated heterocycles. The van der Waals surface area contributed by atoms with Crippen LogP contribution in [0.25, 0.3) is 0 Å². The fourth-order valence-corrected chi connectivity index (χ4v) is 3.19. The second-order valence-corrected chi connectivity index (χ2v) is 6.10. The van der Waals surface area contributed by atoms with Gasteiger partial charge in [0.2, 0.25) is 0 Å². The third-order valence-corrected chi connectivity index (χ3v) is 4.68. The first kappa shape index (κ1) is 12.4. The van der Waals surface area contributed by atoms with Crippen LogP contribution in [0.1, 0.15) is 24.6 Å². The van der Waals surface area contributed by atoms with Gasteiger partial charge < -0.3 is 10.2 Å². The zero-order valence-corrected chi connectivity index (χ0v) is 11.4. The molecule has 0 amide bonds. The SMILES string of the molecule is CC1CC(NCc2cc(Cl)cs2)CCN1C. The van der Waals surface area contributed by atoms with Crippen LogP contribution in [0.4, 0.5) is 0 Å². The lowest BCUT2D eigenvalue weighted by atomic mass is 9.99. The zero-order valence-electron chi connectivity index (χ0n) is 9.87. The molecule has 0 saturated carbocycles. The largest absolute Gasteiger partial charge is 0.309 e. The molecule has 0 aromatic carbocycles. The van der Waals surface area contributed by atoms with Gasteiger partial charge in [0, 0.05) is 28.9 Å². The molecule has 16 heavy (non-hydrogen) atoms. The van der Waals surface area contributed by atoms with Crippen molar-refractivity contribution < 1.29 is 0 Å². The van der Waals surface area contributed by atoms with Crippen molar-refractivity contribution in [2.24, 2.45) is 0 Å². The van der Waals surface area contributed by atoms with E-state index in [1.165, 1.54) is 24.3 Å². The molecule has 4 heteroatoms. The predicted octanol–water partition coefficient (Wildman–Crippen LogP) is 2.97. The van der Waals surface area contributed by atoms with Gasteiger partial charge in [0.15, 0.2) is 0 Å². The maximum absolute atomic E-state index is 5.90. The predicted molar refractivity (Wildman–Crippen MR) is 71.3 cm³/mol. The number of piperidine rings is 1. The molecule has 90 valence electrons. The van der Waals surface area contributed by atoms with E-state index in [4.69, 9.17) is 11.6 Å². The van der Waals surface area contributed by atoms with Crippen molar-refractivity contribution in [3.05, 3.63) is 21.3 Å². The summed E-state index contributed by atoms with van der Waals surface area (Å²) in [6.07, 6.45) is 2.50. The molecule has 2 nitrogen and oxygen atoms in total. The average molecular weight is 259 g/mol. The number of thiophene rings is 1. The highest BCUT2D eigenvalue weighted by molar-refractivity contribution is 7.10. The minimum absolute atomic E-state index is 0.659. The van der Waals surface area contributed by atoms with Crippen molar-refractivity contribution in [2.75, 3.05) is 13.6 Å². The Morgan fingerprint density at radius 2 is 2.44 bits per heavy atom. The summed E-state index contributed by atoms with van der Waals surface area (Å²) in [6, 6.07) is 3.41. The van der Waals surface area contributed by atoms with Crippen LogP contribution in [0, 0.1) is 0 Å². The molecule has 1 aromatic heterocycles. The molecule has 1 aliphatic rings. The quantitative estimate of drug-likeness (QED) is 0.897. The normalized spacial score (nSPS) is 27.2. The molecular weight excluding hydrogens is 240 g/mol. The van der Waals surface area contributed by atoms with Gasteiger partial charge in [-0.2, -0.15) is 0 Å². The van der Waals surface area contributed by atoms with E-state index < -0.39 is 0 Å². The molecule has 2 unspecified atom stereocenters. The van der Waals surface area contributed by atoms with Gasteiger partial charge >= 0.3 is 0 Å². The van der Waals surface area contributed by atoms with E-state index in [1.807, 2.05) is 5.38 Å². The Bertz CT molecular complexity index is 340. The summed E-state index contributed by atoms with van der Waals surface area (Å²) in [5.41, 5.74) is 0. The van der Waals surface area contributed by atoms with Crippen LogP contribution in [0.2, 0.25) is 5.02 Å². The zero-order chi connectivity index (χ0) is 11.5. The molecular formula is C12H19ClN2S. The summed E-state index contributed by atoms with van der Waals surface area (Å²) in [5, 5.41) is 6.48. The first-order valence-electron chi connectivity index (χ1n) is 5.81. The van der Waals surface area contributed by atoms with E-state index in [-0.39, 0.29) is 0 Å². The fraction of sp³-hybridized carbons (Fsp3) is 0.667. The molecule has 0 aliphatic carbocycles. The van der Waals surface area contributed by atoms with Crippen molar-refractivity contribution in [1.82, 2.24) is 10.2 Å². The summed E-state index contributed by atoms with van der Waals surface area (Å²) in [7, 11) is 2.21. The van der Waals surface area contributed by atoms with E-state index in [1.54, 1.807) is 11.3 Å². The Labute approximate surface area is 107 Å². The Balaban J connectivity index is 1.78. The van der Waals surface area contributed by atoms with E-state index in [2.05, 4.69) is 30.3 Å². The lowest BCUT2D eigenvalue weighted by Crippen LogP contribution is -2.45. The summed E-state index contributed by atoms with van der Waals surface area (Å²) < 4.78 is 0. The highest BCUT2D eigenvalue weighted by Gasteiger charge is 2.22. The molecule has 2 rings (SSSR count). The van der Waals surface area contributed by atoms with Crippen LogP contribution < -0.4 is 5.32 Å². The number of hydrogen-bond acceptors (Lipinski definition) is 3. The smallest absolute Gasteiger partial charge is 0.0516 e. The van der Waals surface area contributed by atoms with Gasteiger partial charge in [-0.1, -0.05) is 11.6 Å². The molecule has 2 heterocycles. The fourth-order valence-electron chi connectivity index (χ4n) is 2.17. The number of halogens is 1. The molecule has 0 spiro atoms. The highest BCUT2D eigenvalue weighted by atomic mass is 35.5. The maximum Gasteiger partial charge on any atom is 0.0516 e. The number of nitrogens with one attached hydrogen (secondary N) is 1. The molecule has 1 aliphatic heterocycles. The van der Waals surface area contributed by atoms with Crippen molar-refractivity contribution in [1.29, 1.82) is 0 Å². The number of nitrogens with zero attached hydrogens (tertiary/aromatic N) is 1. The molecule has 2 atom stereocenters. The Kier molecular flexibility index (Phi) is 4.25. The molecule has 1 aromatic rings. The maximum atomic E-state index is 5.90. The average Bonchev–Trinajstić information content (AvgIpc) is 2.66. The van der Waals surface area contributed by atoms with E-state index >= 15 is 0 Å². The van der Waals surface area contributed by atoms with Crippen LogP contribution >= 0.6 is 22.9 Å². The van der Waals surface area contributed by atoms with E-state index in [0.29, 0.717) is 12.1 Å². The van der Waals surface area contributed by atoms with Crippen LogP contribution in [0.3, 0.4) is 0 Å². The summed E-state index contributed by atoms with van der Waals surface area (Å²) in [6.45, 7) is 4.46. The topological polar surface area (TPSA) is 15.3 Å². The third kappa shape index (κ3) is 3.20. The Morgan fingerprint density at radius 1 is 1.62 bits per heavy atom. The second kappa shape index (κ2) is 5.50. The molecule has 1 N–H and O–H groups in total. The van der Waals surface area contributed by atoms with Crippen LogP contribution in [-0.2, 0) is 6.54 Å². The van der Waals surface area contributed by atoms with Gasteiger partial charge in [-0.05, 0) is 39.4 Å². The lowest BCUT2D eigenvalue weighted by molar-refractivity contribution is 0.168. The summed E-state index contributed by atoms with van der Waals surface area (Å²) >= 11 is 7.63. The van der Waals surface area contributed by atoms with Crippen LogP contribution in [-0.4, -0.2) is 30.6 Å². The van der Waals surface area contributed by atoms with Gasteiger partial charge in [-0.3, -0.25) is 0 Å². The van der Waals surface area contributed by atoms with Crippen molar-refractivity contribution in [3.8, 4) is 0 Å². The number of rotatable bonds is 3. The van der Waals surface area contributed by atoms with Gasteiger partial charge in [-0.25, -0.2) is 0 Å². The monoisotopic (exact) mass is 258 g/mol. The van der Waals surface area contributed by atoms with Gasteiger partial charge in [0.25, 0.3) is 0 Å². The minimum atomic E-state index is 0.659. The first-order valence-corrected chi connectivity index (χ1v) is 7.07. The second-order valence-electron chi connectivity index (χ2n) is 4.66. The highest BCUT2D eigenvalue weighted by Crippen LogP contribution is 2.20. The number of hydrogen-bond donors (Lipinski definition) is 1. The third-order valence-electron chi connectivity index (χ3n) is 3.40. The molecule has 1 fully saturated rings. The first-order chi connectivity index (χ1) is 7.65. The van der Waals surface area contributed by atoms with Gasteiger partial charge in [0.1, 0.15) is 0 Å². The van der Waals surface area contributed by atoms with Crippen molar-refractivity contribution in [3.63, 3.8) is 0 Å². The molecule has 0 radical (unpaired) electrons. The van der Waals surface area contributed by atoms with Crippen molar-refractivity contribution >= 4 is 22.9 Å². The van der Waals surface area contributed by atoms with E-state index in [0.717, 1.165) is 11.6 Å². The Hall–Kier alpha value is -0.0900. The summed E-state index contributed by atoms with van der Waals surface area (Å²) in [4.78, 5) is 3.76. The van der Waals surface area contributed by atoms with Gasteiger partial charge in [0.05, 0.1) is 5.02 Å². The van der Waals surface area contributed by atoms with Crippen LogP contribution in [0.5, 0.6) is 0 Å². The minimum Gasteiger partial charge on any atom is -0.309 e. The lowest BCUT2D eigenvalue weighted by Gasteiger charge is -2.35. The van der Waals surface area contributed by atoms with Crippen LogP contribution in [0.15, 0.2) is 11.4 Å².